The molecule has 0 aliphatic rings. The highest BCUT2D eigenvalue weighted by Gasteiger charge is 2.38. The van der Waals surface area contributed by atoms with Gasteiger partial charge >= 0.3 is 0 Å². The van der Waals surface area contributed by atoms with Crippen LogP contribution in [-0.2, 0) is 11.8 Å². The van der Waals surface area contributed by atoms with Crippen molar-refractivity contribution in [1.29, 1.82) is 0 Å². The Kier molecular flexibility index (Phi) is 8.03. The van der Waals surface area contributed by atoms with E-state index in [1.165, 1.54) is 10.6 Å². The second kappa shape index (κ2) is 10.5. The minimum Gasteiger partial charge on any atom is -0.294 e. The molecule has 0 saturated heterocycles. The number of rotatable bonds is 10. The van der Waals surface area contributed by atoms with Gasteiger partial charge in [-0.05, 0) is 22.9 Å². The van der Waals surface area contributed by atoms with Crippen LogP contribution < -0.4 is 10.6 Å². The Bertz CT molecular complexity index is 969. The fourth-order valence-electron chi connectivity index (χ4n) is 4.32. The maximum absolute atomic E-state index is 12.5. The van der Waals surface area contributed by atoms with E-state index in [0.717, 1.165) is 24.8 Å². The SMILES string of the molecule is CC(CCCC(C)(C)P(=S)(c1ccccc1)c1ccccc1)CC(=O)c1ccccc1. The van der Waals surface area contributed by atoms with Crippen LogP contribution >= 0.6 is 6.04 Å². The lowest BCUT2D eigenvalue weighted by Crippen LogP contribution is -2.33. The maximum atomic E-state index is 12.5. The number of Topliss-reactive ketones (excluding diaryl/α,β-unsaturated/α-hetero) is 1. The zero-order chi connectivity index (χ0) is 22.3. The van der Waals surface area contributed by atoms with Crippen molar-refractivity contribution in [3.63, 3.8) is 0 Å². The third-order valence-corrected chi connectivity index (χ3v) is 12.9. The summed E-state index contributed by atoms with van der Waals surface area (Å²) in [5.74, 6) is 0.612. The van der Waals surface area contributed by atoms with Crippen LogP contribution in [0.3, 0.4) is 0 Å². The topological polar surface area (TPSA) is 17.1 Å². The van der Waals surface area contributed by atoms with E-state index in [0.29, 0.717) is 12.3 Å². The van der Waals surface area contributed by atoms with Crippen molar-refractivity contribution in [2.75, 3.05) is 0 Å². The Balaban J connectivity index is 1.70. The van der Waals surface area contributed by atoms with Gasteiger partial charge in [-0.15, -0.1) is 0 Å². The normalized spacial score (nSPS) is 13.0. The smallest absolute Gasteiger partial charge is 0.163 e. The average Bonchev–Trinajstić information content (AvgIpc) is 2.80. The van der Waals surface area contributed by atoms with Crippen molar-refractivity contribution in [3.05, 3.63) is 96.6 Å². The van der Waals surface area contributed by atoms with Crippen LogP contribution in [0.25, 0.3) is 0 Å². The van der Waals surface area contributed by atoms with E-state index >= 15 is 0 Å². The molecule has 0 aliphatic heterocycles. The van der Waals surface area contributed by atoms with E-state index < -0.39 is 6.04 Å². The molecule has 0 aromatic heterocycles. The minimum absolute atomic E-state index is 0.00575. The number of ketones is 1. The molecular formula is C28H33OPS. The van der Waals surface area contributed by atoms with Crippen molar-refractivity contribution >= 4 is 34.2 Å². The molecule has 31 heavy (non-hydrogen) atoms. The van der Waals surface area contributed by atoms with Crippen LogP contribution in [0.4, 0.5) is 0 Å². The summed E-state index contributed by atoms with van der Waals surface area (Å²) in [6.45, 7) is 6.87. The van der Waals surface area contributed by atoms with Gasteiger partial charge in [0.15, 0.2) is 5.78 Å². The van der Waals surface area contributed by atoms with E-state index in [4.69, 9.17) is 11.8 Å². The number of carbonyl (C=O) groups is 1. The Morgan fingerprint density at radius 3 is 1.77 bits per heavy atom. The molecule has 0 fully saturated rings. The summed E-state index contributed by atoms with van der Waals surface area (Å²) in [5, 5.41) is 2.57. The maximum Gasteiger partial charge on any atom is 0.163 e. The molecule has 0 amide bonds. The van der Waals surface area contributed by atoms with Gasteiger partial charge in [-0.2, -0.15) is 0 Å². The van der Waals surface area contributed by atoms with Crippen LogP contribution in [0.2, 0.25) is 0 Å². The van der Waals surface area contributed by atoms with Gasteiger partial charge in [-0.3, -0.25) is 4.79 Å². The summed E-state index contributed by atoms with van der Waals surface area (Å²) in [7, 11) is 0. The van der Waals surface area contributed by atoms with E-state index in [2.05, 4.69) is 81.4 Å². The molecule has 0 N–H and O–H groups in total. The molecule has 0 bridgehead atoms. The monoisotopic (exact) mass is 448 g/mol. The zero-order valence-electron chi connectivity index (χ0n) is 18.8. The standard InChI is InChI=1S/C28H33OPS/c1-23(22-27(29)24-15-7-4-8-16-24)14-13-21-28(2,3)30(31,25-17-9-5-10-18-25)26-19-11-6-12-20-26/h4-12,15-20,23H,13-14,21-22H2,1-3H3. The van der Waals surface area contributed by atoms with Crippen LogP contribution in [-0.4, -0.2) is 10.9 Å². The van der Waals surface area contributed by atoms with Crippen LogP contribution in [0.5, 0.6) is 0 Å². The highest BCUT2D eigenvalue weighted by atomic mass is 32.4. The third-order valence-electron chi connectivity index (χ3n) is 6.21. The molecule has 0 aliphatic carbocycles. The lowest BCUT2D eigenvalue weighted by Gasteiger charge is -2.39. The minimum atomic E-state index is -2.00. The number of carbonyl (C=O) groups excluding carboxylic acids is 1. The molecule has 3 heteroatoms. The fourth-order valence-corrected chi connectivity index (χ4v) is 8.68. The van der Waals surface area contributed by atoms with E-state index in [-0.39, 0.29) is 10.9 Å². The van der Waals surface area contributed by atoms with Gasteiger partial charge in [0.2, 0.25) is 0 Å². The molecule has 3 rings (SSSR count). The van der Waals surface area contributed by atoms with Crippen molar-refractivity contribution in [2.45, 2.75) is 51.6 Å². The summed E-state index contributed by atoms with van der Waals surface area (Å²) in [6, 6.07) is 29.0. The Morgan fingerprint density at radius 2 is 1.29 bits per heavy atom. The number of benzene rings is 3. The second-order valence-electron chi connectivity index (χ2n) is 9.08. The van der Waals surface area contributed by atoms with Crippen LogP contribution in [0.1, 0.15) is 56.8 Å². The summed E-state index contributed by atoms with van der Waals surface area (Å²) < 4.78 is 0. The van der Waals surface area contributed by atoms with Crippen molar-refractivity contribution < 1.29 is 4.79 Å². The third kappa shape index (κ3) is 5.62. The fraction of sp³-hybridized carbons (Fsp3) is 0.321. The molecule has 1 unspecified atom stereocenters. The number of hydrogen-bond donors (Lipinski definition) is 0. The Hall–Kier alpha value is -2.02. The summed E-state index contributed by atoms with van der Waals surface area (Å²) in [5.41, 5.74) is 0.818. The lowest BCUT2D eigenvalue weighted by atomic mass is 9.93. The summed E-state index contributed by atoms with van der Waals surface area (Å²) in [4.78, 5) is 12.5. The molecule has 0 radical (unpaired) electrons. The van der Waals surface area contributed by atoms with Gasteiger partial charge in [0.1, 0.15) is 0 Å². The highest BCUT2D eigenvalue weighted by Crippen LogP contribution is 2.58. The first-order valence-corrected chi connectivity index (χ1v) is 13.9. The highest BCUT2D eigenvalue weighted by molar-refractivity contribution is 8.22. The predicted molar refractivity (Wildman–Crippen MR) is 139 cm³/mol. The first kappa shape index (κ1) is 23.6. The first-order chi connectivity index (χ1) is 14.8. The predicted octanol–water partition coefficient (Wildman–Crippen LogP) is 6.97. The molecule has 1 atom stereocenters. The Morgan fingerprint density at radius 1 is 0.839 bits per heavy atom. The van der Waals surface area contributed by atoms with E-state index in [9.17, 15) is 4.79 Å². The van der Waals surface area contributed by atoms with Crippen LogP contribution in [0, 0.1) is 5.92 Å². The molecular weight excluding hydrogens is 415 g/mol. The zero-order valence-corrected chi connectivity index (χ0v) is 20.5. The van der Waals surface area contributed by atoms with E-state index in [1.807, 2.05) is 30.3 Å². The van der Waals surface area contributed by atoms with Crippen molar-refractivity contribution in [1.82, 2.24) is 0 Å². The number of hydrogen-bond acceptors (Lipinski definition) is 2. The largest absolute Gasteiger partial charge is 0.294 e. The van der Waals surface area contributed by atoms with Crippen molar-refractivity contribution in [3.8, 4) is 0 Å². The first-order valence-electron chi connectivity index (χ1n) is 11.1. The second-order valence-corrected chi connectivity index (χ2v) is 14.2. The molecule has 0 heterocycles. The molecule has 0 spiro atoms. The molecule has 3 aromatic carbocycles. The summed E-state index contributed by atoms with van der Waals surface area (Å²) in [6.07, 6.45) is 3.78. The molecule has 0 saturated carbocycles. The van der Waals surface area contributed by atoms with Crippen molar-refractivity contribution in [2.24, 2.45) is 5.92 Å². The van der Waals surface area contributed by atoms with Gasteiger partial charge in [-0.25, -0.2) is 0 Å². The van der Waals surface area contributed by atoms with Gasteiger partial charge in [0.25, 0.3) is 0 Å². The lowest BCUT2D eigenvalue weighted by molar-refractivity contribution is 0.0962. The molecule has 162 valence electrons. The molecule has 3 aromatic rings. The van der Waals surface area contributed by atoms with Gasteiger partial charge < -0.3 is 0 Å². The average molecular weight is 449 g/mol. The van der Waals surface area contributed by atoms with E-state index in [1.54, 1.807) is 0 Å². The van der Waals surface area contributed by atoms with Gasteiger partial charge in [-0.1, -0.05) is 136 Å². The van der Waals surface area contributed by atoms with Gasteiger partial charge in [0.05, 0.1) is 0 Å². The van der Waals surface area contributed by atoms with Gasteiger partial charge in [0, 0.05) is 23.2 Å². The summed E-state index contributed by atoms with van der Waals surface area (Å²) >= 11 is 6.54. The quantitative estimate of drug-likeness (QED) is 0.246. The van der Waals surface area contributed by atoms with Crippen LogP contribution in [0.15, 0.2) is 91.0 Å². The Labute approximate surface area is 192 Å². The molecule has 1 nitrogen and oxygen atoms in total.